The van der Waals surface area contributed by atoms with E-state index in [1.165, 1.54) is 0 Å². The van der Waals surface area contributed by atoms with E-state index in [-0.39, 0.29) is 5.75 Å². The van der Waals surface area contributed by atoms with Crippen LogP contribution in [-0.2, 0) is 0 Å². The summed E-state index contributed by atoms with van der Waals surface area (Å²) in [5.41, 5.74) is 0.715. The average Bonchev–Trinajstić information content (AvgIpc) is 2.33. The highest BCUT2D eigenvalue weighted by atomic mass is 35.5. The van der Waals surface area contributed by atoms with Gasteiger partial charge in [-0.2, -0.15) is 0 Å². The molecular weight excluding hydrogens is 164 g/mol. The molecule has 3 nitrogen and oxygen atoms in total. The molecule has 0 radical (unpaired) electrons. The number of rotatable bonds is 0. The van der Waals surface area contributed by atoms with Crippen molar-refractivity contribution in [1.82, 2.24) is 9.38 Å². The molecule has 0 spiro atoms. The van der Waals surface area contributed by atoms with Crippen LogP contribution >= 0.6 is 11.6 Å². The summed E-state index contributed by atoms with van der Waals surface area (Å²) in [5, 5.41) is 9.48. The second-order valence-electron chi connectivity index (χ2n) is 2.21. The molecule has 0 unspecified atom stereocenters. The summed E-state index contributed by atoms with van der Waals surface area (Å²) in [5.74, 6) is 0.194. The third kappa shape index (κ3) is 0.935. The summed E-state index contributed by atoms with van der Waals surface area (Å²) in [4.78, 5) is 3.85. The van der Waals surface area contributed by atoms with Crippen LogP contribution in [0.15, 0.2) is 24.7 Å². The smallest absolute Gasteiger partial charge is 0.154 e. The molecule has 4 heteroatoms. The van der Waals surface area contributed by atoms with E-state index in [1.807, 2.05) is 0 Å². The lowest BCUT2D eigenvalue weighted by molar-refractivity contribution is 0.475. The van der Waals surface area contributed by atoms with Gasteiger partial charge in [-0.1, -0.05) is 11.6 Å². The van der Waals surface area contributed by atoms with Gasteiger partial charge in [0.25, 0.3) is 0 Å². The van der Waals surface area contributed by atoms with Gasteiger partial charge in [-0.15, -0.1) is 0 Å². The zero-order chi connectivity index (χ0) is 7.84. The van der Waals surface area contributed by atoms with Crippen LogP contribution in [0.1, 0.15) is 0 Å². The van der Waals surface area contributed by atoms with Crippen molar-refractivity contribution >= 4 is 17.1 Å². The van der Waals surface area contributed by atoms with Gasteiger partial charge in [0, 0.05) is 12.3 Å². The number of halogens is 1. The predicted octanol–water partition coefficient (Wildman–Crippen LogP) is 1.69. The molecule has 0 aliphatic carbocycles. The molecule has 0 amide bonds. The highest BCUT2D eigenvalue weighted by Crippen LogP contribution is 2.18. The number of hydrogen-bond acceptors (Lipinski definition) is 2. The van der Waals surface area contributed by atoms with Crippen LogP contribution < -0.4 is 0 Å². The van der Waals surface area contributed by atoms with Gasteiger partial charge >= 0.3 is 0 Å². The largest absolute Gasteiger partial charge is 0.508 e. The van der Waals surface area contributed by atoms with Crippen molar-refractivity contribution in [3.63, 3.8) is 0 Å². The highest BCUT2D eigenvalue weighted by Gasteiger charge is 2.00. The maximum absolute atomic E-state index is 9.07. The zero-order valence-corrected chi connectivity index (χ0v) is 6.28. The summed E-state index contributed by atoms with van der Waals surface area (Å²) in [6.45, 7) is 0. The van der Waals surface area contributed by atoms with E-state index in [0.29, 0.717) is 10.7 Å². The molecule has 2 aromatic heterocycles. The van der Waals surface area contributed by atoms with Crippen LogP contribution in [0.4, 0.5) is 0 Å². The van der Waals surface area contributed by atoms with Crippen LogP contribution in [0.2, 0.25) is 5.15 Å². The molecule has 0 aromatic carbocycles. The standard InChI is InChI=1S/C7H5ClN2O/c8-7-6-3-5(11)1-2-10(6)4-9-7/h1-4,11H. The molecule has 0 aliphatic heterocycles. The van der Waals surface area contributed by atoms with Gasteiger partial charge in [0.15, 0.2) is 5.15 Å². The molecule has 11 heavy (non-hydrogen) atoms. The van der Waals surface area contributed by atoms with Gasteiger partial charge in [0.05, 0.1) is 5.52 Å². The Hall–Kier alpha value is -1.22. The predicted molar refractivity (Wildman–Crippen MR) is 41.9 cm³/mol. The Morgan fingerprint density at radius 2 is 2.36 bits per heavy atom. The minimum Gasteiger partial charge on any atom is -0.508 e. The molecule has 0 fully saturated rings. The van der Waals surface area contributed by atoms with E-state index >= 15 is 0 Å². The average molecular weight is 169 g/mol. The molecule has 0 bridgehead atoms. The van der Waals surface area contributed by atoms with E-state index in [0.717, 1.165) is 0 Å². The number of fused-ring (bicyclic) bond motifs is 1. The number of pyridine rings is 1. The van der Waals surface area contributed by atoms with Crippen LogP contribution in [0, 0.1) is 0 Å². The van der Waals surface area contributed by atoms with Gasteiger partial charge in [0.2, 0.25) is 0 Å². The Balaban J connectivity index is 2.87. The van der Waals surface area contributed by atoms with Gasteiger partial charge in [0.1, 0.15) is 12.1 Å². The second kappa shape index (κ2) is 2.13. The maximum atomic E-state index is 9.07. The van der Waals surface area contributed by atoms with Crippen molar-refractivity contribution in [3.8, 4) is 5.75 Å². The highest BCUT2D eigenvalue weighted by molar-refractivity contribution is 6.32. The van der Waals surface area contributed by atoms with Crippen molar-refractivity contribution in [1.29, 1.82) is 0 Å². The van der Waals surface area contributed by atoms with Crippen molar-refractivity contribution < 1.29 is 5.11 Å². The first-order valence-electron chi connectivity index (χ1n) is 3.08. The molecule has 1 N–H and O–H groups in total. The number of nitrogens with zero attached hydrogens (tertiary/aromatic N) is 2. The molecule has 2 aromatic rings. The number of aromatic hydroxyl groups is 1. The second-order valence-corrected chi connectivity index (χ2v) is 2.57. The fourth-order valence-corrected chi connectivity index (χ4v) is 1.14. The number of imidazole rings is 1. The first-order chi connectivity index (χ1) is 5.27. The summed E-state index contributed by atoms with van der Waals surface area (Å²) < 4.78 is 1.74. The van der Waals surface area contributed by atoms with Crippen LogP contribution in [-0.4, -0.2) is 14.5 Å². The molecule has 0 saturated heterocycles. The lowest BCUT2D eigenvalue weighted by Gasteiger charge is -1.93. The lowest BCUT2D eigenvalue weighted by Crippen LogP contribution is -1.78. The fourth-order valence-electron chi connectivity index (χ4n) is 0.945. The number of hydrogen-bond donors (Lipinski definition) is 1. The summed E-state index contributed by atoms with van der Waals surface area (Å²) in [7, 11) is 0. The zero-order valence-electron chi connectivity index (χ0n) is 5.53. The Morgan fingerprint density at radius 3 is 3.18 bits per heavy atom. The van der Waals surface area contributed by atoms with Gasteiger partial charge in [-0.25, -0.2) is 4.98 Å². The summed E-state index contributed by atoms with van der Waals surface area (Å²) in [6, 6.07) is 3.14. The van der Waals surface area contributed by atoms with Crippen molar-refractivity contribution in [2.45, 2.75) is 0 Å². The first-order valence-corrected chi connectivity index (χ1v) is 3.46. The van der Waals surface area contributed by atoms with Crippen LogP contribution in [0.3, 0.4) is 0 Å². The Kier molecular flexibility index (Phi) is 1.26. The van der Waals surface area contributed by atoms with Crippen LogP contribution in [0.25, 0.3) is 5.52 Å². The van der Waals surface area contributed by atoms with Gasteiger partial charge in [-0.05, 0) is 6.07 Å². The fraction of sp³-hybridized carbons (Fsp3) is 0. The third-order valence-corrected chi connectivity index (χ3v) is 1.77. The van der Waals surface area contributed by atoms with Crippen molar-refractivity contribution in [2.24, 2.45) is 0 Å². The molecule has 0 atom stereocenters. The summed E-state index contributed by atoms with van der Waals surface area (Å²) >= 11 is 5.70. The quantitative estimate of drug-likeness (QED) is 0.650. The Labute approximate surface area is 67.9 Å². The number of aromatic nitrogens is 2. The minimum atomic E-state index is 0.194. The minimum absolute atomic E-state index is 0.194. The van der Waals surface area contributed by atoms with E-state index in [1.54, 1.807) is 29.1 Å². The molecular formula is C7H5ClN2O. The van der Waals surface area contributed by atoms with E-state index in [4.69, 9.17) is 16.7 Å². The Bertz CT molecular complexity index is 396. The molecule has 56 valence electrons. The van der Waals surface area contributed by atoms with Crippen molar-refractivity contribution in [3.05, 3.63) is 29.8 Å². The van der Waals surface area contributed by atoms with E-state index < -0.39 is 0 Å². The third-order valence-electron chi connectivity index (χ3n) is 1.48. The normalized spacial score (nSPS) is 10.6. The Morgan fingerprint density at radius 1 is 1.55 bits per heavy atom. The van der Waals surface area contributed by atoms with Gasteiger partial charge < -0.3 is 9.51 Å². The monoisotopic (exact) mass is 168 g/mol. The van der Waals surface area contributed by atoms with Crippen molar-refractivity contribution in [2.75, 3.05) is 0 Å². The molecule has 2 rings (SSSR count). The maximum Gasteiger partial charge on any atom is 0.154 e. The van der Waals surface area contributed by atoms with Crippen LogP contribution in [0.5, 0.6) is 5.75 Å². The summed E-state index contributed by atoms with van der Waals surface area (Å²) in [6.07, 6.45) is 3.29. The molecule has 2 heterocycles. The first kappa shape index (κ1) is 6.49. The SMILES string of the molecule is Oc1ccn2cnc(Cl)c2c1. The molecule has 0 saturated carbocycles. The van der Waals surface area contributed by atoms with Gasteiger partial charge in [-0.3, -0.25) is 0 Å². The lowest BCUT2D eigenvalue weighted by atomic mass is 10.4. The van der Waals surface area contributed by atoms with E-state index in [2.05, 4.69) is 4.98 Å². The molecule has 0 aliphatic rings. The van der Waals surface area contributed by atoms with E-state index in [9.17, 15) is 0 Å². The topological polar surface area (TPSA) is 37.5 Å².